The Kier molecular flexibility index (Phi) is 18.0. The minimum atomic E-state index is -2.25. The minimum Gasteiger partial charge on any atom is -0.543 e. The van der Waals surface area contributed by atoms with Crippen molar-refractivity contribution in [3.63, 3.8) is 0 Å². The molecule has 0 aliphatic rings. The lowest BCUT2D eigenvalue weighted by molar-refractivity contribution is -0.163. The van der Waals surface area contributed by atoms with Crippen LogP contribution in [0.1, 0.15) is 58.2 Å². The van der Waals surface area contributed by atoms with E-state index in [4.69, 9.17) is 56.0 Å². The van der Waals surface area contributed by atoms with Gasteiger partial charge in [0.15, 0.2) is 12.5 Å². The summed E-state index contributed by atoms with van der Waals surface area (Å²) in [6.07, 6.45) is 1.14. The van der Waals surface area contributed by atoms with Crippen LogP contribution in [0.5, 0.6) is 23.1 Å². The van der Waals surface area contributed by atoms with E-state index >= 15 is 0 Å². The lowest BCUT2D eigenvalue weighted by Gasteiger charge is -2.36. The number of carbonyl (C=O) groups is 1. The molecule has 0 bridgehead atoms. The number of ether oxygens (including phenoxy) is 6. The predicted molar refractivity (Wildman–Crippen MR) is 260 cm³/mol. The van der Waals surface area contributed by atoms with E-state index in [0.29, 0.717) is 66.5 Å². The van der Waals surface area contributed by atoms with Gasteiger partial charge in [0.25, 0.3) is 0 Å². The summed E-state index contributed by atoms with van der Waals surface area (Å²) in [6.45, 7) is 31.3. The Balaban J connectivity index is 1.84. The van der Waals surface area contributed by atoms with Crippen molar-refractivity contribution in [2.45, 2.75) is 123 Å². The number of fused-ring (bicyclic) bond motifs is 1. The van der Waals surface area contributed by atoms with Gasteiger partial charge in [-0.1, -0.05) is 69.7 Å². The van der Waals surface area contributed by atoms with Gasteiger partial charge in [-0.15, -0.1) is 17.9 Å². The van der Waals surface area contributed by atoms with Crippen LogP contribution in [0.4, 0.5) is 0 Å². The molecule has 4 rings (SSSR count). The van der Waals surface area contributed by atoms with Crippen LogP contribution in [0, 0.1) is 13.8 Å². The fourth-order valence-corrected chi connectivity index (χ4v) is 9.99. The maximum absolute atomic E-state index is 14.3. The molecule has 342 valence electrons. The SMILES string of the molecule is C=CCOC[C@H](CO)Oc1c(Cl)c(C)c(-c2c(Br)sc3ncnc(O[C@H](Cc4cc(O[Si](C)(C)C(C)(C)C)ccc4OCOCC[Si](C)(C)C)C(=O)OC(C)(C)C)c23)c(C)c1Cl. The first-order valence-electron chi connectivity index (χ1n) is 20.6. The molecule has 0 aliphatic carbocycles. The second-order valence-electron chi connectivity index (χ2n) is 18.9. The van der Waals surface area contributed by atoms with E-state index < -0.39 is 40.2 Å². The summed E-state index contributed by atoms with van der Waals surface area (Å²) in [5.41, 5.74) is 2.51. The molecule has 0 unspecified atom stereocenters. The van der Waals surface area contributed by atoms with Crippen molar-refractivity contribution in [2.24, 2.45) is 0 Å². The second-order valence-corrected chi connectivity index (χ2v) is 32.3. The first-order chi connectivity index (χ1) is 28.8. The molecule has 2 heterocycles. The average molecular weight is 1020 g/mol. The van der Waals surface area contributed by atoms with Crippen molar-refractivity contribution in [1.29, 1.82) is 0 Å². The van der Waals surface area contributed by atoms with Crippen LogP contribution >= 0.6 is 50.5 Å². The highest BCUT2D eigenvalue weighted by molar-refractivity contribution is 9.11. The number of aliphatic hydroxyl groups is 1. The highest BCUT2D eigenvalue weighted by atomic mass is 79.9. The molecule has 2 aromatic heterocycles. The van der Waals surface area contributed by atoms with Gasteiger partial charge in [-0.25, -0.2) is 14.8 Å². The molecule has 0 spiro atoms. The quantitative estimate of drug-likeness (QED) is 0.0282. The number of benzene rings is 2. The third-order valence-electron chi connectivity index (χ3n) is 10.3. The number of hydrogen-bond acceptors (Lipinski definition) is 12. The molecular formula is C45H63BrCl2N2O9SSi2. The number of aliphatic hydroxyl groups excluding tert-OH is 1. The highest BCUT2D eigenvalue weighted by Crippen LogP contribution is 2.52. The maximum atomic E-state index is 14.3. The molecule has 2 atom stereocenters. The molecule has 0 amide bonds. The summed E-state index contributed by atoms with van der Waals surface area (Å²) < 4.78 is 44.0. The van der Waals surface area contributed by atoms with Crippen LogP contribution in [0.2, 0.25) is 53.9 Å². The van der Waals surface area contributed by atoms with Crippen molar-refractivity contribution in [3.05, 3.63) is 67.7 Å². The summed E-state index contributed by atoms with van der Waals surface area (Å²) in [5, 5.41) is 11.0. The van der Waals surface area contributed by atoms with Crippen LogP contribution in [-0.2, 0) is 25.4 Å². The minimum absolute atomic E-state index is 0.0358. The van der Waals surface area contributed by atoms with Crippen LogP contribution in [-0.4, -0.2) is 88.5 Å². The third kappa shape index (κ3) is 13.6. The van der Waals surface area contributed by atoms with Gasteiger partial charge in [0.1, 0.15) is 34.4 Å². The van der Waals surface area contributed by atoms with E-state index in [9.17, 15) is 9.90 Å². The topological polar surface area (TPSA) is 128 Å². The normalized spacial score (nSPS) is 13.5. The molecule has 0 radical (unpaired) electrons. The summed E-state index contributed by atoms with van der Waals surface area (Å²) in [7, 11) is -3.57. The number of thiophene rings is 1. The largest absolute Gasteiger partial charge is 0.543 e. The molecule has 62 heavy (non-hydrogen) atoms. The number of halogens is 3. The molecule has 4 aromatic rings. The van der Waals surface area contributed by atoms with E-state index in [0.717, 1.165) is 6.04 Å². The van der Waals surface area contributed by atoms with E-state index in [1.54, 1.807) is 6.08 Å². The Hall–Kier alpha value is -2.74. The molecule has 0 saturated heterocycles. The fraction of sp³-hybridized carbons (Fsp3) is 0.533. The zero-order chi connectivity index (χ0) is 46.4. The zero-order valence-corrected chi connectivity index (χ0v) is 44.3. The Labute approximate surface area is 392 Å². The molecule has 0 aliphatic heterocycles. The van der Waals surface area contributed by atoms with Gasteiger partial charge < -0.3 is 38.0 Å². The van der Waals surface area contributed by atoms with Gasteiger partial charge in [0.2, 0.25) is 20.3 Å². The number of esters is 1. The van der Waals surface area contributed by atoms with Crippen LogP contribution in [0.25, 0.3) is 21.3 Å². The Bertz CT molecular complexity index is 2170. The van der Waals surface area contributed by atoms with Gasteiger partial charge >= 0.3 is 5.97 Å². The average Bonchev–Trinajstić information content (AvgIpc) is 3.49. The lowest BCUT2D eigenvalue weighted by Crippen LogP contribution is -2.43. The van der Waals surface area contributed by atoms with Crippen molar-refractivity contribution in [3.8, 4) is 34.3 Å². The standard InChI is InChI=1S/C45H63BrCl2N2O9SSi2/c1-15-18-53-24-31(23-51)56-39-37(47)27(2)34(28(3)38(39)48)35-36-41(49-25-50-42(36)60-40(35)46)57-33(43(52)58-44(4,5)6)22-29-21-30(59-62(13,14)45(7,8)9)16-17-32(29)55-26-54-19-20-61(10,11)12/h15-17,21,25,31,33,51H,1,18-20,22-24,26H2,2-14H3/t31-,33+/m0/s1. The number of rotatable bonds is 21. The van der Waals surface area contributed by atoms with Crippen LogP contribution < -0.4 is 18.6 Å². The Morgan fingerprint density at radius 2 is 1.65 bits per heavy atom. The first-order valence-corrected chi connectivity index (χ1v) is 29.6. The molecular weight excluding hydrogens is 952 g/mol. The summed E-state index contributed by atoms with van der Waals surface area (Å²) in [6, 6.07) is 6.66. The van der Waals surface area contributed by atoms with Crippen molar-refractivity contribution in [1.82, 2.24) is 9.97 Å². The van der Waals surface area contributed by atoms with Crippen LogP contribution in [0.3, 0.4) is 0 Å². The zero-order valence-electron chi connectivity index (χ0n) is 38.3. The van der Waals surface area contributed by atoms with Gasteiger partial charge in [-0.05, 0) is 110 Å². The van der Waals surface area contributed by atoms with Gasteiger partial charge in [-0.2, -0.15) is 0 Å². The highest BCUT2D eigenvalue weighted by Gasteiger charge is 2.39. The molecule has 11 nitrogen and oxygen atoms in total. The fourth-order valence-electron chi connectivity index (χ4n) is 5.97. The summed E-state index contributed by atoms with van der Waals surface area (Å²) in [5.74, 6) is 0.971. The van der Waals surface area contributed by atoms with Gasteiger partial charge in [0, 0.05) is 32.2 Å². The van der Waals surface area contributed by atoms with Gasteiger partial charge in [0.05, 0.1) is 39.0 Å². The number of carbonyl (C=O) groups excluding carboxylic acids is 1. The van der Waals surface area contributed by atoms with E-state index in [2.05, 4.69) is 86.0 Å². The molecule has 0 fully saturated rings. The number of hydrogen-bond donors (Lipinski definition) is 1. The molecule has 1 N–H and O–H groups in total. The molecule has 17 heteroatoms. The van der Waals surface area contributed by atoms with Gasteiger partial charge in [-0.3, -0.25) is 0 Å². The van der Waals surface area contributed by atoms with Crippen molar-refractivity contribution in [2.75, 3.05) is 33.2 Å². The number of aromatic nitrogens is 2. The summed E-state index contributed by atoms with van der Waals surface area (Å²) in [4.78, 5) is 24.1. The molecule has 0 saturated carbocycles. The Morgan fingerprint density at radius 3 is 2.23 bits per heavy atom. The molecule has 2 aromatic carbocycles. The summed E-state index contributed by atoms with van der Waals surface area (Å²) >= 11 is 19.2. The van der Waals surface area contributed by atoms with Crippen molar-refractivity contribution >= 4 is 83.0 Å². The van der Waals surface area contributed by atoms with E-state index in [1.165, 1.54) is 17.7 Å². The monoisotopic (exact) mass is 1010 g/mol. The Morgan fingerprint density at radius 1 is 0.984 bits per heavy atom. The van der Waals surface area contributed by atoms with E-state index in [1.807, 2.05) is 52.8 Å². The third-order valence-corrected chi connectivity index (χ3v) is 19.1. The first kappa shape index (κ1) is 51.9. The van der Waals surface area contributed by atoms with Crippen molar-refractivity contribution < 1.29 is 42.7 Å². The lowest BCUT2D eigenvalue weighted by atomic mass is 9.95. The van der Waals surface area contributed by atoms with Crippen LogP contribution in [0.15, 0.2) is 41.0 Å². The predicted octanol–water partition coefficient (Wildman–Crippen LogP) is 12.4. The second kappa shape index (κ2) is 21.5. The van der Waals surface area contributed by atoms with E-state index in [-0.39, 0.29) is 53.1 Å². The smallest absolute Gasteiger partial charge is 0.348 e. The maximum Gasteiger partial charge on any atom is 0.348 e. The number of nitrogens with zero attached hydrogens (tertiary/aromatic N) is 2.